The third-order valence-corrected chi connectivity index (χ3v) is 1.76. The Bertz CT molecular complexity index is 260. The van der Waals surface area contributed by atoms with Crippen molar-refractivity contribution in [3.05, 3.63) is 0 Å². The van der Waals surface area contributed by atoms with Crippen LogP contribution in [0.15, 0.2) is 0 Å². The van der Waals surface area contributed by atoms with Gasteiger partial charge in [0, 0.05) is 0 Å². The highest BCUT2D eigenvalue weighted by Gasteiger charge is 2.57. The van der Waals surface area contributed by atoms with Gasteiger partial charge in [-0.05, 0) is 6.92 Å². The Morgan fingerprint density at radius 2 is 1.57 bits per heavy atom. The Kier molecular flexibility index (Phi) is 3.19. The highest BCUT2D eigenvalue weighted by Crippen LogP contribution is 2.23. The molecule has 14 heavy (non-hydrogen) atoms. The maximum absolute atomic E-state index is 10.7. The SMILES string of the molecule is CC(O)(O)C(O)(C(N)=O)C(O)C(N)=O. The molecule has 8 nitrogen and oxygen atoms in total. The molecular weight excluding hydrogens is 196 g/mol. The highest BCUT2D eigenvalue weighted by molar-refractivity contribution is 5.93. The summed E-state index contributed by atoms with van der Waals surface area (Å²) in [5.74, 6) is -6.29. The summed E-state index contributed by atoms with van der Waals surface area (Å²) in [6, 6.07) is 0. The monoisotopic (exact) mass is 208 g/mol. The van der Waals surface area contributed by atoms with Crippen LogP contribution >= 0.6 is 0 Å². The van der Waals surface area contributed by atoms with Crippen molar-refractivity contribution in [1.82, 2.24) is 0 Å². The summed E-state index contributed by atoms with van der Waals surface area (Å²) in [5, 5.41) is 36.3. The maximum atomic E-state index is 10.7. The number of primary amides is 2. The molecule has 0 aromatic rings. The Morgan fingerprint density at radius 3 is 1.64 bits per heavy atom. The lowest BCUT2D eigenvalue weighted by Gasteiger charge is -2.36. The van der Waals surface area contributed by atoms with Gasteiger partial charge in [-0.25, -0.2) is 0 Å². The van der Waals surface area contributed by atoms with Crippen LogP contribution in [-0.4, -0.2) is 49.7 Å². The molecule has 0 spiro atoms. The van der Waals surface area contributed by atoms with Crippen molar-refractivity contribution < 1.29 is 30.0 Å². The van der Waals surface area contributed by atoms with Crippen molar-refractivity contribution >= 4 is 11.8 Å². The van der Waals surface area contributed by atoms with E-state index < -0.39 is 29.3 Å². The molecule has 2 unspecified atom stereocenters. The first-order valence-corrected chi connectivity index (χ1v) is 3.49. The molecule has 2 atom stereocenters. The molecule has 0 bridgehead atoms. The van der Waals surface area contributed by atoms with Crippen LogP contribution < -0.4 is 11.5 Å². The summed E-state index contributed by atoms with van der Waals surface area (Å²) in [7, 11) is 0. The van der Waals surface area contributed by atoms with Gasteiger partial charge in [0.15, 0.2) is 6.10 Å². The Morgan fingerprint density at radius 1 is 1.21 bits per heavy atom. The van der Waals surface area contributed by atoms with E-state index in [0.717, 1.165) is 0 Å². The minimum atomic E-state index is -3.25. The van der Waals surface area contributed by atoms with Crippen molar-refractivity contribution in [2.75, 3.05) is 0 Å². The summed E-state index contributed by atoms with van der Waals surface area (Å²) in [6.07, 6.45) is -2.51. The zero-order chi connectivity index (χ0) is 11.7. The van der Waals surface area contributed by atoms with E-state index in [1.807, 2.05) is 0 Å². The fourth-order valence-electron chi connectivity index (χ4n) is 0.833. The number of hydrogen-bond acceptors (Lipinski definition) is 6. The number of hydrogen-bond donors (Lipinski definition) is 6. The van der Waals surface area contributed by atoms with Gasteiger partial charge in [-0.15, -0.1) is 0 Å². The molecule has 0 saturated carbocycles. The van der Waals surface area contributed by atoms with E-state index in [9.17, 15) is 14.7 Å². The van der Waals surface area contributed by atoms with E-state index in [2.05, 4.69) is 11.5 Å². The molecule has 0 heterocycles. The van der Waals surface area contributed by atoms with Gasteiger partial charge < -0.3 is 31.9 Å². The van der Waals surface area contributed by atoms with Crippen molar-refractivity contribution in [2.45, 2.75) is 24.4 Å². The standard InChI is InChI=1S/C6H12N2O6/c1-5(12,13)6(14,4(8)11)2(9)3(7)10/h2,9,12-14H,1H3,(H2,7,10)(H2,8,11). The molecule has 0 aliphatic rings. The van der Waals surface area contributed by atoms with Crippen molar-refractivity contribution in [1.29, 1.82) is 0 Å². The molecule has 0 aromatic carbocycles. The van der Waals surface area contributed by atoms with Crippen LogP contribution in [0.4, 0.5) is 0 Å². The summed E-state index contributed by atoms with van der Waals surface area (Å²) in [6.45, 7) is 0.573. The van der Waals surface area contributed by atoms with E-state index in [1.54, 1.807) is 0 Å². The molecule has 8 heteroatoms. The normalized spacial score (nSPS) is 18.4. The summed E-state index contributed by atoms with van der Waals surface area (Å²) in [4.78, 5) is 21.2. The van der Waals surface area contributed by atoms with Crippen LogP contribution in [0.5, 0.6) is 0 Å². The number of nitrogens with two attached hydrogens (primary N) is 2. The molecule has 8 N–H and O–H groups in total. The zero-order valence-corrected chi connectivity index (χ0v) is 7.34. The average Bonchev–Trinajstić information content (AvgIpc) is 1.98. The first kappa shape index (κ1) is 12.8. The van der Waals surface area contributed by atoms with E-state index in [-0.39, 0.29) is 0 Å². The van der Waals surface area contributed by atoms with Crippen LogP contribution in [-0.2, 0) is 9.59 Å². The molecule has 0 aliphatic heterocycles. The third-order valence-electron chi connectivity index (χ3n) is 1.76. The Labute approximate surface area is 78.7 Å². The zero-order valence-electron chi connectivity index (χ0n) is 7.34. The Balaban J connectivity index is 5.33. The maximum Gasteiger partial charge on any atom is 0.258 e. The Hall–Kier alpha value is -1.22. The predicted octanol–water partition coefficient (Wildman–Crippen LogP) is -4.25. The fourth-order valence-corrected chi connectivity index (χ4v) is 0.833. The van der Waals surface area contributed by atoms with Crippen LogP contribution in [0.1, 0.15) is 6.92 Å². The van der Waals surface area contributed by atoms with Crippen LogP contribution in [0, 0.1) is 0 Å². The van der Waals surface area contributed by atoms with Gasteiger partial charge in [0.25, 0.3) is 5.91 Å². The van der Waals surface area contributed by atoms with Gasteiger partial charge in [-0.1, -0.05) is 0 Å². The predicted molar refractivity (Wildman–Crippen MR) is 42.2 cm³/mol. The minimum Gasteiger partial charge on any atom is -0.380 e. The smallest absolute Gasteiger partial charge is 0.258 e. The lowest BCUT2D eigenvalue weighted by molar-refractivity contribution is -0.274. The molecular formula is C6H12N2O6. The lowest BCUT2D eigenvalue weighted by Crippen LogP contribution is -2.69. The number of amides is 2. The molecule has 0 rings (SSSR count). The second-order valence-electron chi connectivity index (χ2n) is 2.96. The lowest BCUT2D eigenvalue weighted by atomic mass is 9.87. The number of rotatable bonds is 4. The van der Waals surface area contributed by atoms with Gasteiger partial charge in [0.05, 0.1) is 0 Å². The number of aliphatic hydroxyl groups is 4. The van der Waals surface area contributed by atoms with Gasteiger partial charge in [-0.2, -0.15) is 0 Å². The summed E-state index contributed by atoms with van der Waals surface area (Å²) in [5.41, 5.74) is 5.95. The van der Waals surface area contributed by atoms with Gasteiger partial charge in [-0.3, -0.25) is 9.59 Å². The van der Waals surface area contributed by atoms with E-state index in [1.165, 1.54) is 0 Å². The van der Waals surface area contributed by atoms with Gasteiger partial charge in [0.1, 0.15) is 0 Å². The van der Waals surface area contributed by atoms with Crippen LogP contribution in [0.3, 0.4) is 0 Å². The molecule has 2 amide bonds. The van der Waals surface area contributed by atoms with Crippen LogP contribution in [0.2, 0.25) is 0 Å². The molecule has 0 fully saturated rings. The van der Waals surface area contributed by atoms with Crippen molar-refractivity contribution in [2.24, 2.45) is 11.5 Å². The first-order valence-electron chi connectivity index (χ1n) is 3.49. The van der Waals surface area contributed by atoms with Crippen molar-refractivity contribution in [3.8, 4) is 0 Å². The molecule has 0 saturated heterocycles. The average molecular weight is 208 g/mol. The third kappa shape index (κ3) is 1.82. The number of carbonyl (C=O) groups is 2. The molecule has 0 aromatic heterocycles. The van der Waals surface area contributed by atoms with Crippen LogP contribution in [0.25, 0.3) is 0 Å². The fraction of sp³-hybridized carbons (Fsp3) is 0.667. The minimum absolute atomic E-state index is 0.573. The molecule has 0 radical (unpaired) electrons. The van der Waals surface area contributed by atoms with E-state index in [0.29, 0.717) is 6.92 Å². The summed E-state index contributed by atoms with van der Waals surface area (Å²) < 4.78 is 0. The van der Waals surface area contributed by atoms with Crippen molar-refractivity contribution in [3.63, 3.8) is 0 Å². The second-order valence-corrected chi connectivity index (χ2v) is 2.96. The summed E-state index contributed by atoms with van der Waals surface area (Å²) >= 11 is 0. The highest BCUT2D eigenvalue weighted by atomic mass is 16.5. The topological polar surface area (TPSA) is 167 Å². The van der Waals surface area contributed by atoms with Gasteiger partial charge >= 0.3 is 0 Å². The largest absolute Gasteiger partial charge is 0.380 e. The molecule has 82 valence electrons. The number of aliphatic hydroxyl groups excluding tert-OH is 1. The second kappa shape index (κ2) is 3.50. The van der Waals surface area contributed by atoms with E-state index in [4.69, 9.17) is 15.3 Å². The quantitative estimate of drug-likeness (QED) is 0.256. The van der Waals surface area contributed by atoms with Gasteiger partial charge in [0.2, 0.25) is 17.3 Å². The van der Waals surface area contributed by atoms with E-state index >= 15 is 0 Å². The molecule has 0 aliphatic carbocycles. The number of carbonyl (C=O) groups excluding carboxylic acids is 2. The first-order chi connectivity index (χ1) is 6.05.